The standard InChI is InChI=1S/C89H60N4/c1-89(2)82-53-77-75-35-18-16-33-73(75)72-32-15-17-34-74(72)76(77)52-78(82)79-55-87-81(54-83(79)89)80-51-64(43-48-86(80)93(87)68-31-19-28-65(50-68)88-90-84(61-23-9-4-10-24-61)56-85(91-88)62-25-11-5-12-26-62)70-36-20-27-63-49-69(46-47-71(63)70)92(66-29-13-6-14-30-66)67-44-41-60(42-45-67)59-39-37-58(38-40-59)57-21-7-3-8-22-57/h3-56H,1-2H3. The molecule has 93 heavy (non-hydrogen) atoms. The average Bonchev–Trinajstić information content (AvgIpc) is 1.57. The lowest BCUT2D eigenvalue weighted by Crippen LogP contribution is -2.15. The van der Waals surface area contributed by atoms with E-state index in [9.17, 15) is 0 Å². The Morgan fingerprint density at radius 1 is 0.269 bits per heavy atom. The highest BCUT2D eigenvalue weighted by Gasteiger charge is 2.37. The second kappa shape index (κ2) is 21.6. The van der Waals surface area contributed by atoms with Crippen LogP contribution in [0.15, 0.2) is 328 Å². The third-order valence-corrected chi connectivity index (χ3v) is 19.5. The van der Waals surface area contributed by atoms with Gasteiger partial charge >= 0.3 is 0 Å². The van der Waals surface area contributed by atoms with E-state index in [0.29, 0.717) is 5.82 Å². The molecule has 0 atom stereocenters. The Bertz CT molecular complexity index is 5740. The van der Waals surface area contributed by atoms with Gasteiger partial charge in [0, 0.05) is 55.6 Å². The predicted molar refractivity (Wildman–Crippen MR) is 391 cm³/mol. The summed E-state index contributed by atoms with van der Waals surface area (Å²) < 4.78 is 2.48. The van der Waals surface area contributed by atoms with Crippen molar-refractivity contribution in [2.45, 2.75) is 19.3 Å². The number of anilines is 3. The molecule has 2 heterocycles. The largest absolute Gasteiger partial charge is 0.310 e. The van der Waals surface area contributed by atoms with Crippen LogP contribution in [0.1, 0.15) is 25.0 Å². The van der Waals surface area contributed by atoms with Gasteiger partial charge in [0.1, 0.15) is 0 Å². The highest BCUT2D eigenvalue weighted by Crippen LogP contribution is 2.54. The normalized spacial score (nSPS) is 12.5. The van der Waals surface area contributed by atoms with Crippen molar-refractivity contribution in [1.82, 2.24) is 14.5 Å². The smallest absolute Gasteiger partial charge is 0.160 e. The van der Waals surface area contributed by atoms with Crippen LogP contribution in [0.4, 0.5) is 17.1 Å². The molecule has 0 saturated carbocycles. The summed E-state index contributed by atoms with van der Waals surface area (Å²) in [6, 6.07) is 120. The number of para-hydroxylation sites is 1. The Hall–Kier alpha value is -12.0. The van der Waals surface area contributed by atoms with Gasteiger partial charge in [0.15, 0.2) is 5.82 Å². The van der Waals surface area contributed by atoms with Crippen LogP contribution in [0.25, 0.3) is 149 Å². The maximum atomic E-state index is 5.32. The molecule has 15 aromatic carbocycles. The molecular weight excluding hydrogens is 1130 g/mol. The first-order valence-electron chi connectivity index (χ1n) is 32.1. The first-order valence-corrected chi connectivity index (χ1v) is 32.1. The van der Waals surface area contributed by atoms with E-state index in [-0.39, 0.29) is 5.41 Å². The molecule has 1 aliphatic rings. The molecule has 0 radical (unpaired) electrons. The summed E-state index contributed by atoms with van der Waals surface area (Å²) in [7, 11) is 0. The molecule has 0 saturated heterocycles. The number of rotatable bonds is 10. The predicted octanol–water partition coefficient (Wildman–Crippen LogP) is 24.0. The highest BCUT2D eigenvalue weighted by molar-refractivity contribution is 6.26. The summed E-state index contributed by atoms with van der Waals surface area (Å²) in [6.45, 7) is 4.84. The van der Waals surface area contributed by atoms with Crippen LogP contribution < -0.4 is 4.90 Å². The van der Waals surface area contributed by atoms with Crippen molar-refractivity contribution >= 4 is 82.0 Å². The Balaban J connectivity index is 0.790. The van der Waals surface area contributed by atoms with E-state index in [1.807, 2.05) is 0 Å². The Labute approximate surface area is 540 Å². The molecule has 18 rings (SSSR count). The van der Waals surface area contributed by atoms with Crippen LogP contribution in [0.5, 0.6) is 0 Å². The molecule has 0 bridgehead atoms. The van der Waals surface area contributed by atoms with Gasteiger partial charge in [0.2, 0.25) is 0 Å². The minimum atomic E-state index is -0.290. The number of hydrogen-bond acceptors (Lipinski definition) is 3. The average molecular weight is 1190 g/mol. The number of benzene rings is 15. The third kappa shape index (κ3) is 9.05. The van der Waals surface area contributed by atoms with E-state index in [1.165, 1.54) is 104 Å². The Morgan fingerprint density at radius 2 is 0.731 bits per heavy atom. The van der Waals surface area contributed by atoms with Crippen LogP contribution in [0.3, 0.4) is 0 Å². The van der Waals surface area contributed by atoms with Gasteiger partial charge in [-0.3, -0.25) is 0 Å². The molecule has 17 aromatic rings. The maximum Gasteiger partial charge on any atom is 0.160 e. The van der Waals surface area contributed by atoms with Gasteiger partial charge in [-0.2, -0.15) is 0 Å². The lowest BCUT2D eigenvalue weighted by molar-refractivity contribution is 0.662. The molecule has 0 fully saturated rings. The topological polar surface area (TPSA) is 34.0 Å². The van der Waals surface area contributed by atoms with E-state index in [1.54, 1.807) is 0 Å². The van der Waals surface area contributed by atoms with Crippen molar-refractivity contribution in [3.8, 4) is 84.1 Å². The molecule has 0 unspecified atom stereocenters. The highest BCUT2D eigenvalue weighted by atomic mass is 15.1. The van der Waals surface area contributed by atoms with Crippen molar-refractivity contribution < 1.29 is 0 Å². The zero-order valence-corrected chi connectivity index (χ0v) is 51.5. The van der Waals surface area contributed by atoms with Gasteiger partial charge < -0.3 is 9.47 Å². The fourth-order valence-corrected chi connectivity index (χ4v) is 14.9. The number of hydrogen-bond donors (Lipinski definition) is 0. The first-order chi connectivity index (χ1) is 45.8. The van der Waals surface area contributed by atoms with Crippen molar-refractivity contribution in [2.24, 2.45) is 0 Å². The van der Waals surface area contributed by atoms with Crippen LogP contribution in [-0.2, 0) is 5.41 Å². The number of nitrogens with zero attached hydrogens (tertiary/aromatic N) is 4. The molecule has 4 nitrogen and oxygen atoms in total. The van der Waals surface area contributed by atoms with Gasteiger partial charge in [-0.1, -0.05) is 250 Å². The zero-order valence-electron chi connectivity index (χ0n) is 51.5. The summed E-state index contributed by atoms with van der Waals surface area (Å²) in [5.41, 5.74) is 23.5. The van der Waals surface area contributed by atoms with Gasteiger partial charge in [-0.25, -0.2) is 9.97 Å². The third-order valence-electron chi connectivity index (χ3n) is 19.5. The Kier molecular flexibility index (Phi) is 12.6. The minimum Gasteiger partial charge on any atom is -0.310 e. The van der Waals surface area contributed by atoms with Crippen LogP contribution in [0.2, 0.25) is 0 Å². The molecule has 4 heteroatoms. The molecular formula is C89H60N4. The van der Waals surface area contributed by atoms with Crippen LogP contribution in [0, 0.1) is 0 Å². The summed E-state index contributed by atoms with van der Waals surface area (Å²) in [6.07, 6.45) is 0. The molecule has 436 valence electrons. The summed E-state index contributed by atoms with van der Waals surface area (Å²) >= 11 is 0. The van der Waals surface area contributed by atoms with Crippen molar-refractivity contribution in [2.75, 3.05) is 4.90 Å². The van der Waals surface area contributed by atoms with Crippen LogP contribution in [-0.4, -0.2) is 14.5 Å². The van der Waals surface area contributed by atoms with Gasteiger partial charge in [-0.15, -0.1) is 0 Å². The number of fused-ring (bicyclic) bond motifs is 13. The molecule has 1 aliphatic carbocycles. The fourth-order valence-electron chi connectivity index (χ4n) is 14.9. The summed E-state index contributed by atoms with van der Waals surface area (Å²) in [4.78, 5) is 13.0. The molecule has 0 spiro atoms. The second-order valence-corrected chi connectivity index (χ2v) is 25.3. The maximum absolute atomic E-state index is 5.32. The van der Waals surface area contributed by atoms with E-state index < -0.39 is 0 Å². The van der Waals surface area contributed by atoms with Gasteiger partial charge in [-0.05, 0) is 190 Å². The number of aromatic nitrogens is 3. The molecule has 0 N–H and O–H groups in total. The summed E-state index contributed by atoms with van der Waals surface area (Å²) in [5.74, 6) is 0.674. The molecule has 2 aromatic heterocycles. The first kappa shape index (κ1) is 54.0. The van der Waals surface area contributed by atoms with E-state index in [4.69, 9.17) is 9.97 Å². The van der Waals surface area contributed by atoms with Crippen molar-refractivity contribution in [3.05, 3.63) is 339 Å². The van der Waals surface area contributed by atoms with Crippen molar-refractivity contribution in [3.63, 3.8) is 0 Å². The molecule has 0 amide bonds. The lowest BCUT2D eigenvalue weighted by atomic mass is 9.81. The van der Waals surface area contributed by atoms with Crippen molar-refractivity contribution in [1.29, 1.82) is 0 Å². The fraction of sp³-hybridized carbons (Fsp3) is 0.0337. The van der Waals surface area contributed by atoms with E-state index in [2.05, 4.69) is 351 Å². The summed E-state index contributed by atoms with van der Waals surface area (Å²) in [5, 5.41) is 12.5. The lowest BCUT2D eigenvalue weighted by Gasteiger charge is -2.26. The second-order valence-electron chi connectivity index (χ2n) is 25.3. The minimum absolute atomic E-state index is 0.290. The van der Waals surface area contributed by atoms with E-state index >= 15 is 0 Å². The van der Waals surface area contributed by atoms with Crippen LogP contribution >= 0.6 is 0 Å². The van der Waals surface area contributed by atoms with Gasteiger partial charge in [0.25, 0.3) is 0 Å². The quantitative estimate of drug-likeness (QED) is 0.128. The monoisotopic (exact) mass is 1180 g/mol. The van der Waals surface area contributed by atoms with E-state index in [0.717, 1.165) is 67.4 Å². The molecule has 0 aliphatic heterocycles. The van der Waals surface area contributed by atoms with Gasteiger partial charge in [0.05, 0.1) is 22.4 Å². The zero-order chi connectivity index (χ0) is 61.7. The Morgan fingerprint density at radius 3 is 1.35 bits per heavy atom. The SMILES string of the molecule is CC1(C)c2cc3c4ccccc4c4ccccc4c3cc2-c2cc3c(cc21)c1cc(-c2cccc4cc(N(c5ccccc5)c5ccc(-c6ccc(-c7ccccc7)cc6)cc5)ccc24)ccc1n3-c1cccc(-c2nc(-c3ccccc3)cc(-c3ccccc3)n2)c1.